The summed E-state index contributed by atoms with van der Waals surface area (Å²) >= 11 is 7.71. The minimum atomic E-state index is 0.693. The summed E-state index contributed by atoms with van der Waals surface area (Å²) in [6.45, 7) is 0. The van der Waals surface area contributed by atoms with E-state index in [9.17, 15) is 0 Å². The first-order valence-electron chi connectivity index (χ1n) is 7.88. The molecule has 0 bridgehead atoms. The summed E-state index contributed by atoms with van der Waals surface area (Å²) in [4.78, 5) is 3.31. The van der Waals surface area contributed by atoms with E-state index in [1.165, 1.54) is 20.2 Å². The third kappa shape index (κ3) is 2.51. The molecule has 0 spiro atoms. The highest BCUT2D eigenvalue weighted by Crippen LogP contribution is 2.38. The van der Waals surface area contributed by atoms with Crippen molar-refractivity contribution >= 4 is 65.4 Å². The summed E-state index contributed by atoms with van der Waals surface area (Å²) in [6, 6.07) is 20.2. The molecule has 25 heavy (non-hydrogen) atoms. The van der Waals surface area contributed by atoms with E-state index in [0.717, 1.165) is 22.3 Å². The Morgan fingerprint density at radius 2 is 1.64 bits per heavy atom. The lowest BCUT2D eigenvalue weighted by atomic mass is 10.1. The zero-order valence-electron chi connectivity index (χ0n) is 13.0. The van der Waals surface area contributed by atoms with E-state index in [-0.39, 0.29) is 0 Å². The van der Waals surface area contributed by atoms with Gasteiger partial charge in [0.25, 0.3) is 0 Å². The Bertz CT molecular complexity index is 1250. The minimum Gasteiger partial charge on any atom is -0.359 e. The highest BCUT2D eigenvalue weighted by atomic mass is 35.5. The first-order valence-corrected chi connectivity index (χ1v) is 9.07. The molecular formula is C20H12ClN3S. The molecule has 0 amide bonds. The Morgan fingerprint density at radius 3 is 2.52 bits per heavy atom. The van der Waals surface area contributed by atoms with Crippen molar-refractivity contribution < 1.29 is 0 Å². The van der Waals surface area contributed by atoms with E-state index in [4.69, 9.17) is 11.6 Å². The van der Waals surface area contributed by atoms with Crippen LogP contribution in [0.2, 0.25) is 5.02 Å². The van der Waals surface area contributed by atoms with Crippen molar-refractivity contribution in [3.8, 4) is 0 Å². The number of benzene rings is 3. The number of halogens is 1. The predicted molar refractivity (Wildman–Crippen MR) is 107 cm³/mol. The van der Waals surface area contributed by atoms with Crippen LogP contribution in [0.4, 0.5) is 11.4 Å². The summed E-state index contributed by atoms with van der Waals surface area (Å²) in [5.41, 5.74) is 2.69. The summed E-state index contributed by atoms with van der Waals surface area (Å²) in [7, 11) is 0. The summed E-state index contributed by atoms with van der Waals surface area (Å²) in [6.07, 6.45) is 1.90. The zero-order chi connectivity index (χ0) is 16.8. The van der Waals surface area contributed by atoms with Crippen molar-refractivity contribution in [3.05, 3.63) is 71.9 Å². The van der Waals surface area contributed by atoms with E-state index in [1.54, 1.807) is 11.3 Å². The molecule has 0 saturated carbocycles. The standard InChI is InChI=1S/C20H12ClN3S/c21-12-5-7-13(8-6-12)23-24-18-11-22-17-9-15-14-3-1-2-4-19(14)25-20(15)10-16(17)18/h1-11,22H. The van der Waals surface area contributed by atoms with E-state index in [1.807, 2.05) is 30.5 Å². The number of H-pyrrole nitrogens is 1. The first-order chi connectivity index (χ1) is 12.3. The zero-order valence-corrected chi connectivity index (χ0v) is 14.6. The molecule has 1 N–H and O–H groups in total. The maximum atomic E-state index is 5.90. The van der Waals surface area contributed by atoms with Crippen LogP contribution in [0, 0.1) is 0 Å². The van der Waals surface area contributed by atoms with Crippen molar-refractivity contribution in [2.24, 2.45) is 10.2 Å². The number of hydrogen-bond donors (Lipinski definition) is 1. The van der Waals surface area contributed by atoms with Gasteiger partial charge in [-0.3, -0.25) is 0 Å². The lowest BCUT2D eigenvalue weighted by Gasteiger charge is -1.95. The average molecular weight is 362 g/mol. The molecule has 0 unspecified atom stereocenters. The van der Waals surface area contributed by atoms with Gasteiger partial charge >= 0.3 is 0 Å². The molecule has 5 heteroatoms. The van der Waals surface area contributed by atoms with Gasteiger partial charge in [0, 0.05) is 42.3 Å². The third-order valence-electron chi connectivity index (χ3n) is 4.26. The number of aromatic amines is 1. The molecule has 3 aromatic carbocycles. The highest BCUT2D eigenvalue weighted by Gasteiger charge is 2.09. The van der Waals surface area contributed by atoms with Crippen molar-refractivity contribution in [2.75, 3.05) is 0 Å². The van der Waals surface area contributed by atoms with Crippen LogP contribution in [0.5, 0.6) is 0 Å². The number of azo groups is 1. The van der Waals surface area contributed by atoms with Crippen LogP contribution in [0.15, 0.2) is 77.1 Å². The van der Waals surface area contributed by atoms with Gasteiger partial charge in [-0.15, -0.1) is 16.5 Å². The fourth-order valence-electron chi connectivity index (χ4n) is 3.03. The summed E-state index contributed by atoms with van der Waals surface area (Å²) < 4.78 is 2.56. The molecule has 0 fully saturated rings. The van der Waals surface area contributed by atoms with E-state index < -0.39 is 0 Å². The van der Waals surface area contributed by atoms with Crippen LogP contribution in [0.1, 0.15) is 0 Å². The molecule has 2 heterocycles. The number of nitrogens with one attached hydrogen (secondary N) is 1. The average Bonchev–Trinajstić information content (AvgIpc) is 3.20. The molecule has 0 radical (unpaired) electrons. The van der Waals surface area contributed by atoms with Gasteiger partial charge in [-0.05, 0) is 42.5 Å². The number of aromatic nitrogens is 1. The van der Waals surface area contributed by atoms with E-state index in [2.05, 4.69) is 51.6 Å². The summed E-state index contributed by atoms with van der Waals surface area (Å²) in [5.74, 6) is 0. The van der Waals surface area contributed by atoms with Crippen LogP contribution >= 0.6 is 22.9 Å². The van der Waals surface area contributed by atoms with Gasteiger partial charge in [-0.1, -0.05) is 29.8 Å². The topological polar surface area (TPSA) is 40.5 Å². The Morgan fingerprint density at radius 1 is 0.800 bits per heavy atom. The highest BCUT2D eigenvalue weighted by molar-refractivity contribution is 7.25. The quantitative estimate of drug-likeness (QED) is 0.314. The lowest BCUT2D eigenvalue weighted by Crippen LogP contribution is -1.69. The van der Waals surface area contributed by atoms with Gasteiger partial charge in [0.2, 0.25) is 0 Å². The van der Waals surface area contributed by atoms with E-state index in [0.29, 0.717) is 5.02 Å². The molecule has 0 aliphatic rings. The molecule has 3 nitrogen and oxygen atoms in total. The largest absolute Gasteiger partial charge is 0.359 e. The predicted octanol–water partition coefficient (Wildman–Crippen LogP) is 7.60. The van der Waals surface area contributed by atoms with Gasteiger partial charge in [-0.25, -0.2) is 0 Å². The first kappa shape index (κ1) is 14.6. The maximum Gasteiger partial charge on any atom is 0.111 e. The number of fused-ring (bicyclic) bond motifs is 4. The molecule has 5 rings (SSSR count). The molecule has 0 atom stereocenters. The number of nitrogens with zero attached hydrogens (tertiary/aromatic N) is 2. The van der Waals surface area contributed by atoms with Crippen LogP contribution in [-0.2, 0) is 0 Å². The SMILES string of the molecule is Clc1ccc(N=Nc2c[nH]c3cc4c(cc23)sc2ccccc24)cc1. The molecule has 0 aliphatic heterocycles. The molecule has 2 aromatic heterocycles. The monoisotopic (exact) mass is 361 g/mol. The summed E-state index contributed by atoms with van der Waals surface area (Å²) in [5, 5.41) is 13.1. The lowest BCUT2D eigenvalue weighted by molar-refractivity contribution is 1.24. The van der Waals surface area contributed by atoms with Crippen LogP contribution in [-0.4, -0.2) is 4.98 Å². The van der Waals surface area contributed by atoms with Gasteiger partial charge < -0.3 is 4.98 Å². The molecule has 120 valence electrons. The smallest absolute Gasteiger partial charge is 0.111 e. The van der Waals surface area contributed by atoms with Gasteiger partial charge in [0.15, 0.2) is 0 Å². The molecule has 5 aromatic rings. The fourth-order valence-corrected chi connectivity index (χ4v) is 4.28. The van der Waals surface area contributed by atoms with Gasteiger partial charge in [0.1, 0.15) is 5.69 Å². The molecular weight excluding hydrogens is 350 g/mol. The molecule has 0 saturated heterocycles. The normalized spacial score (nSPS) is 12.0. The molecule has 0 aliphatic carbocycles. The second kappa shape index (κ2) is 5.69. The third-order valence-corrected chi connectivity index (χ3v) is 5.64. The Balaban J connectivity index is 1.64. The van der Waals surface area contributed by atoms with Gasteiger partial charge in [0.05, 0.1) is 5.69 Å². The number of rotatable bonds is 2. The van der Waals surface area contributed by atoms with Gasteiger partial charge in [-0.2, -0.15) is 5.11 Å². The van der Waals surface area contributed by atoms with Crippen molar-refractivity contribution in [2.45, 2.75) is 0 Å². The fraction of sp³-hybridized carbons (Fsp3) is 0. The van der Waals surface area contributed by atoms with Crippen molar-refractivity contribution in [3.63, 3.8) is 0 Å². The Hall–Kier alpha value is -2.69. The maximum absolute atomic E-state index is 5.90. The number of thiophene rings is 1. The van der Waals surface area contributed by atoms with Crippen LogP contribution in [0.25, 0.3) is 31.1 Å². The minimum absolute atomic E-state index is 0.693. The van der Waals surface area contributed by atoms with Crippen LogP contribution < -0.4 is 0 Å². The van der Waals surface area contributed by atoms with E-state index >= 15 is 0 Å². The Labute approximate surface area is 152 Å². The second-order valence-electron chi connectivity index (χ2n) is 5.84. The van der Waals surface area contributed by atoms with Crippen molar-refractivity contribution in [1.82, 2.24) is 4.98 Å². The van der Waals surface area contributed by atoms with Crippen molar-refractivity contribution in [1.29, 1.82) is 0 Å². The Kier molecular flexibility index (Phi) is 3.33. The second-order valence-corrected chi connectivity index (χ2v) is 7.36. The van der Waals surface area contributed by atoms with Crippen LogP contribution in [0.3, 0.4) is 0 Å². The number of hydrogen-bond acceptors (Lipinski definition) is 3.